The number of hydrogen-bond acceptors (Lipinski definition) is 6. The van der Waals surface area contributed by atoms with Gasteiger partial charge in [-0.3, -0.25) is 4.79 Å². The fourth-order valence-corrected chi connectivity index (χ4v) is 5.19. The lowest BCUT2D eigenvalue weighted by Gasteiger charge is -2.19. The summed E-state index contributed by atoms with van der Waals surface area (Å²) in [5.74, 6) is -0.307. The third-order valence-corrected chi connectivity index (χ3v) is 7.20. The maximum Gasteiger partial charge on any atom is 0.200 e. The van der Waals surface area contributed by atoms with Gasteiger partial charge in [-0.25, -0.2) is 23.7 Å². The van der Waals surface area contributed by atoms with E-state index in [0.29, 0.717) is 62.2 Å². The molecule has 0 atom stereocenters. The van der Waals surface area contributed by atoms with Crippen LogP contribution in [0.3, 0.4) is 0 Å². The van der Waals surface area contributed by atoms with E-state index in [9.17, 15) is 9.18 Å². The van der Waals surface area contributed by atoms with Crippen LogP contribution < -0.4 is 16.5 Å². The molecule has 0 unspecified atom stereocenters. The first-order valence-corrected chi connectivity index (χ1v) is 13.2. The lowest BCUT2D eigenvalue weighted by molar-refractivity contribution is 0.618. The van der Waals surface area contributed by atoms with E-state index in [2.05, 4.69) is 20.3 Å². The molecule has 0 saturated carbocycles. The van der Waals surface area contributed by atoms with Gasteiger partial charge in [0.2, 0.25) is 5.43 Å². The number of fused-ring (bicyclic) bond motifs is 2. The van der Waals surface area contributed by atoms with Gasteiger partial charge < -0.3 is 20.2 Å². The Balaban J connectivity index is 1.46. The number of halogens is 2. The fraction of sp³-hybridized carbons (Fsp3) is 0.161. The highest BCUT2D eigenvalue weighted by Gasteiger charge is 2.19. The molecule has 41 heavy (non-hydrogen) atoms. The molecule has 4 aromatic heterocycles. The van der Waals surface area contributed by atoms with Crippen LogP contribution in [0.1, 0.15) is 26.8 Å². The lowest BCUT2D eigenvalue weighted by Crippen LogP contribution is -2.15. The Labute approximate surface area is 234 Å². The number of pyridine rings is 2. The van der Waals surface area contributed by atoms with E-state index in [1.54, 1.807) is 42.7 Å². The fourth-order valence-electron chi connectivity index (χ4n) is 5.19. The predicted octanol–water partition coefficient (Wildman–Crippen LogP) is 6.68. The molecule has 0 aliphatic rings. The molecule has 206 valence electrons. The molecule has 0 radical (unpaired) electrons. The van der Waals surface area contributed by atoms with Crippen molar-refractivity contribution < 1.29 is 8.78 Å². The van der Waals surface area contributed by atoms with Crippen LogP contribution in [0, 0.1) is 11.6 Å². The molecule has 0 aliphatic carbocycles. The molecule has 6 aromatic rings. The SMILES string of the molecule is CCn1cc(-c2ccc(Nc3nccc4c3c(=O)c(-c3ccc(F)cc3)cn4C(C)C)cc2F)c2c(N)ncnc21. The average Bonchev–Trinajstić information content (AvgIpc) is 3.33. The van der Waals surface area contributed by atoms with Crippen LogP contribution in [-0.2, 0) is 6.54 Å². The Morgan fingerprint density at radius 3 is 2.41 bits per heavy atom. The minimum Gasteiger partial charge on any atom is -0.383 e. The van der Waals surface area contributed by atoms with Crippen molar-refractivity contribution in [2.75, 3.05) is 11.1 Å². The van der Waals surface area contributed by atoms with Crippen molar-refractivity contribution in [2.24, 2.45) is 0 Å². The van der Waals surface area contributed by atoms with Gasteiger partial charge in [-0.15, -0.1) is 0 Å². The summed E-state index contributed by atoms with van der Waals surface area (Å²) in [6, 6.07) is 12.3. The van der Waals surface area contributed by atoms with Crippen molar-refractivity contribution in [1.29, 1.82) is 0 Å². The van der Waals surface area contributed by atoms with E-state index in [1.807, 2.05) is 36.1 Å². The summed E-state index contributed by atoms with van der Waals surface area (Å²) in [6.07, 6.45) is 6.60. The number of anilines is 3. The highest BCUT2D eigenvalue weighted by atomic mass is 19.1. The summed E-state index contributed by atoms with van der Waals surface area (Å²) < 4.78 is 33.1. The Morgan fingerprint density at radius 2 is 1.71 bits per heavy atom. The van der Waals surface area contributed by atoms with E-state index >= 15 is 4.39 Å². The molecular weight excluding hydrogens is 524 g/mol. The van der Waals surface area contributed by atoms with Gasteiger partial charge in [0.05, 0.1) is 16.3 Å². The zero-order chi connectivity index (χ0) is 28.8. The highest BCUT2D eigenvalue weighted by Crippen LogP contribution is 2.36. The van der Waals surface area contributed by atoms with Crippen LogP contribution >= 0.6 is 0 Å². The van der Waals surface area contributed by atoms with Crippen molar-refractivity contribution in [2.45, 2.75) is 33.4 Å². The summed E-state index contributed by atoms with van der Waals surface area (Å²) in [5.41, 5.74) is 9.55. The zero-order valence-corrected chi connectivity index (χ0v) is 22.7. The van der Waals surface area contributed by atoms with Crippen molar-refractivity contribution >= 4 is 39.3 Å². The first-order chi connectivity index (χ1) is 19.8. The van der Waals surface area contributed by atoms with Crippen LogP contribution in [-0.4, -0.2) is 24.1 Å². The molecule has 0 bridgehead atoms. The number of nitrogen functional groups attached to an aromatic ring is 1. The quantitative estimate of drug-likeness (QED) is 0.239. The van der Waals surface area contributed by atoms with Crippen LogP contribution in [0.15, 0.2) is 78.2 Å². The maximum atomic E-state index is 15.6. The minimum atomic E-state index is -0.486. The number of hydrogen-bond donors (Lipinski definition) is 2. The van der Waals surface area contributed by atoms with Gasteiger partial charge in [0.25, 0.3) is 0 Å². The molecule has 0 aliphatic heterocycles. The second-order valence-electron chi connectivity index (χ2n) is 10.0. The monoisotopic (exact) mass is 551 g/mol. The molecule has 6 rings (SSSR count). The van der Waals surface area contributed by atoms with Crippen LogP contribution in [0.5, 0.6) is 0 Å². The Hall–Kier alpha value is -5.12. The van der Waals surface area contributed by atoms with Gasteiger partial charge in [0.15, 0.2) is 0 Å². The smallest absolute Gasteiger partial charge is 0.200 e. The Bertz CT molecular complexity index is 2000. The molecule has 8 nitrogen and oxygen atoms in total. The molecule has 10 heteroatoms. The first-order valence-electron chi connectivity index (χ1n) is 13.2. The number of aryl methyl sites for hydroxylation is 1. The molecule has 0 amide bonds. The van der Waals surface area contributed by atoms with E-state index in [1.165, 1.54) is 24.5 Å². The molecule has 2 aromatic carbocycles. The largest absolute Gasteiger partial charge is 0.383 e. The number of benzene rings is 2. The number of nitrogens with two attached hydrogens (primary N) is 1. The zero-order valence-electron chi connectivity index (χ0n) is 22.7. The first kappa shape index (κ1) is 26.1. The Morgan fingerprint density at radius 1 is 0.927 bits per heavy atom. The topological polar surface area (TPSA) is 104 Å². The number of rotatable bonds is 6. The maximum absolute atomic E-state index is 15.6. The number of nitrogens with zero attached hydrogens (tertiary/aromatic N) is 5. The van der Waals surface area contributed by atoms with Crippen molar-refractivity contribution in [1.82, 2.24) is 24.1 Å². The van der Waals surface area contributed by atoms with E-state index in [4.69, 9.17) is 5.73 Å². The summed E-state index contributed by atoms with van der Waals surface area (Å²) in [4.78, 5) is 26.7. The second kappa shape index (κ2) is 10.1. The standard InChI is InChI=1S/C31H27F2N7O/c1-4-39-14-23(26-29(34)36-16-37-31(26)39)21-10-9-20(13-24(21)33)38-30-27-25(11-12-35-30)40(17(2)3)15-22(28(27)41)18-5-7-19(32)8-6-18/h5-17H,4H2,1-3H3,(H,35,38)(H2,34,36,37). The van der Waals surface area contributed by atoms with Gasteiger partial charge in [-0.2, -0.15) is 0 Å². The van der Waals surface area contributed by atoms with Gasteiger partial charge >= 0.3 is 0 Å². The summed E-state index contributed by atoms with van der Waals surface area (Å²) in [6.45, 7) is 6.62. The average molecular weight is 552 g/mol. The second-order valence-corrected chi connectivity index (χ2v) is 10.0. The minimum absolute atomic E-state index is 0.0194. The number of aromatic nitrogens is 5. The molecule has 0 spiro atoms. The number of nitrogens with one attached hydrogen (secondary N) is 1. The molecular formula is C31H27F2N7O. The van der Waals surface area contributed by atoms with Gasteiger partial charge in [0, 0.05) is 53.6 Å². The van der Waals surface area contributed by atoms with E-state index in [-0.39, 0.29) is 23.1 Å². The van der Waals surface area contributed by atoms with Crippen LogP contribution in [0.4, 0.5) is 26.1 Å². The van der Waals surface area contributed by atoms with Crippen LogP contribution in [0.2, 0.25) is 0 Å². The molecule has 3 N–H and O–H groups in total. The summed E-state index contributed by atoms with van der Waals surface area (Å²) >= 11 is 0. The predicted molar refractivity (Wildman–Crippen MR) is 158 cm³/mol. The molecule has 0 fully saturated rings. The Kier molecular flexibility index (Phi) is 6.45. The normalized spacial score (nSPS) is 11.6. The van der Waals surface area contributed by atoms with Gasteiger partial charge in [-0.05, 0) is 62.7 Å². The van der Waals surface area contributed by atoms with Gasteiger partial charge in [0.1, 0.15) is 35.2 Å². The lowest BCUT2D eigenvalue weighted by atomic mass is 10.0. The molecule has 4 heterocycles. The third kappa shape index (κ3) is 4.47. The third-order valence-electron chi connectivity index (χ3n) is 7.20. The summed E-state index contributed by atoms with van der Waals surface area (Å²) in [5, 5.41) is 4.09. The summed E-state index contributed by atoms with van der Waals surface area (Å²) in [7, 11) is 0. The molecule has 0 saturated heterocycles. The van der Waals surface area contributed by atoms with Crippen LogP contribution in [0.25, 0.3) is 44.2 Å². The van der Waals surface area contributed by atoms with Crippen molar-refractivity contribution in [3.05, 3.63) is 95.3 Å². The highest BCUT2D eigenvalue weighted by molar-refractivity contribution is 6.01. The van der Waals surface area contributed by atoms with E-state index in [0.717, 1.165) is 0 Å². The van der Waals surface area contributed by atoms with Crippen molar-refractivity contribution in [3.8, 4) is 22.3 Å². The van der Waals surface area contributed by atoms with Crippen molar-refractivity contribution in [3.63, 3.8) is 0 Å². The van der Waals surface area contributed by atoms with Gasteiger partial charge in [-0.1, -0.05) is 12.1 Å². The van der Waals surface area contributed by atoms with E-state index < -0.39 is 5.82 Å².